The van der Waals surface area contributed by atoms with Gasteiger partial charge in [-0.2, -0.15) is 0 Å². The summed E-state index contributed by atoms with van der Waals surface area (Å²) in [6, 6.07) is 3.08. The molecular weight excluding hydrogens is 316 g/mol. The molecule has 0 aromatic carbocycles. The van der Waals surface area contributed by atoms with E-state index >= 15 is 0 Å². The van der Waals surface area contributed by atoms with Crippen molar-refractivity contribution in [3.8, 4) is 0 Å². The van der Waals surface area contributed by atoms with Gasteiger partial charge in [0.15, 0.2) is 0 Å². The summed E-state index contributed by atoms with van der Waals surface area (Å²) < 4.78 is 31.8. The number of pyridine rings is 1. The first-order valence-corrected chi connectivity index (χ1v) is 8.76. The summed E-state index contributed by atoms with van der Waals surface area (Å²) in [6.07, 6.45) is 3.74. The number of fused-ring (bicyclic) bond motifs is 2. The Bertz CT molecular complexity index is 647. The molecule has 0 radical (unpaired) electrons. The van der Waals surface area contributed by atoms with E-state index in [1.54, 1.807) is 6.07 Å². The van der Waals surface area contributed by atoms with Crippen molar-refractivity contribution in [1.29, 1.82) is 0 Å². The summed E-state index contributed by atoms with van der Waals surface area (Å²) in [4.78, 5) is 15.9. The molecule has 1 amide bonds. The zero-order valence-corrected chi connectivity index (χ0v) is 12.7. The highest BCUT2D eigenvalue weighted by Crippen LogP contribution is 2.38. The first-order valence-electron chi connectivity index (χ1n) is 6.73. The monoisotopic (exact) mass is 330 g/mol. The van der Waals surface area contributed by atoms with Crippen LogP contribution in [0.5, 0.6) is 0 Å². The van der Waals surface area contributed by atoms with Crippen LogP contribution in [0, 0.1) is 5.92 Å². The van der Waals surface area contributed by atoms with Crippen LogP contribution in [-0.4, -0.2) is 31.5 Å². The Labute approximate surface area is 127 Å². The second-order valence-corrected chi connectivity index (χ2v) is 7.54. The number of hydrogen-bond donors (Lipinski definition) is 1. The predicted octanol–water partition coefficient (Wildman–Crippen LogP) is 1.25. The Morgan fingerprint density at radius 1 is 1.43 bits per heavy atom. The van der Waals surface area contributed by atoms with Gasteiger partial charge < -0.3 is 4.74 Å². The number of halogens is 1. The Balaban J connectivity index is 1.63. The van der Waals surface area contributed by atoms with Crippen LogP contribution in [0.15, 0.2) is 18.3 Å². The van der Waals surface area contributed by atoms with Crippen LogP contribution < -0.4 is 4.72 Å². The number of hydrogen-bond acceptors (Lipinski definition) is 5. The molecular formula is C13H15ClN2O4S. The maximum Gasteiger partial charge on any atom is 0.239 e. The molecule has 1 aromatic rings. The molecule has 2 aliphatic heterocycles. The van der Waals surface area contributed by atoms with Crippen LogP contribution in [0.4, 0.5) is 0 Å². The number of nitrogens with zero attached hydrogens (tertiary/aromatic N) is 1. The average Bonchev–Trinajstić information content (AvgIpc) is 3.03. The lowest BCUT2D eigenvalue weighted by molar-refractivity contribution is -0.124. The van der Waals surface area contributed by atoms with Crippen molar-refractivity contribution in [2.24, 2.45) is 5.92 Å². The van der Waals surface area contributed by atoms with E-state index in [0.29, 0.717) is 17.1 Å². The number of sulfonamides is 1. The maximum atomic E-state index is 12.1. The van der Waals surface area contributed by atoms with Gasteiger partial charge in [0, 0.05) is 6.20 Å². The van der Waals surface area contributed by atoms with E-state index in [1.165, 1.54) is 12.3 Å². The van der Waals surface area contributed by atoms with Crippen LogP contribution in [0.1, 0.15) is 24.8 Å². The highest BCUT2D eigenvalue weighted by molar-refractivity contribution is 7.89. The van der Waals surface area contributed by atoms with Crippen LogP contribution in [0.2, 0.25) is 5.15 Å². The minimum Gasteiger partial charge on any atom is -0.374 e. The second kappa shape index (κ2) is 5.55. The Hall–Kier alpha value is -1.18. The molecule has 8 heteroatoms. The molecule has 2 bridgehead atoms. The number of amides is 1. The Morgan fingerprint density at radius 3 is 2.81 bits per heavy atom. The summed E-state index contributed by atoms with van der Waals surface area (Å²) in [5, 5.41) is 0.291. The molecule has 21 heavy (non-hydrogen) atoms. The molecule has 2 aliphatic rings. The molecule has 1 N–H and O–H groups in total. The highest BCUT2D eigenvalue weighted by atomic mass is 35.5. The van der Waals surface area contributed by atoms with Gasteiger partial charge >= 0.3 is 0 Å². The van der Waals surface area contributed by atoms with E-state index < -0.39 is 15.9 Å². The van der Waals surface area contributed by atoms with Crippen molar-refractivity contribution in [3.05, 3.63) is 29.0 Å². The highest BCUT2D eigenvalue weighted by Gasteiger charge is 2.45. The molecule has 114 valence electrons. The molecule has 2 saturated heterocycles. The fourth-order valence-electron chi connectivity index (χ4n) is 2.89. The third kappa shape index (κ3) is 3.36. The number of carbonyl (C=O) groups is 1. The molecule has 0 unspecified atom stereocenters. The van der Waals surface area contributed by atoms with Crippen LogP contribution >= 0.6 is 11.6 Å². The van der Waals surface area contributed by atoms with E-state index in [1.807, 2.05) is 0 Å². The fraction of sp³-hybridized carbons (Fsp3) is 0.538. The zero-order valence-electron chi connectivity index (χ0n) is 11.2. The van der Waals surface area contributed by atoms with Crippen LogP contribution in [0.3, 0.4) is 0 Å². The Kier molecular flexibility index (Phi) is 3.90. The van der Waals surface area contributed by atoms with Gasteiger partial charge in [0.2, 0.25) is 15.9 Å². The third-order valence-electron chi connectivity index (χ3n) is 3.84. The van der Waals surface area contributed by atoms with Gasteiger partial charge in [-0.15, -0.1) is 0 Å². The first-order chi connectivity index (χ1) is 9.93. The molecule has 2 fully saturated rings. The van der Waals surface area contributed by atoms with E-state index in [-0.39, 0.29) is 23.9 Å². The smallest absolute Gasteiger partial charge is 0.239 e. The minimum absolute atomic E-state index is 0.105. The summed E-state index contributed by atoms with van der Waals surface area (Å²) in [5.41, 5.74) is 0.476. The lowest BCUT2D eigenvalue weighted by atomic mass is 9.89. The number of nitrogens with one attached hydrogen (secondary N) is 1. The molecule has 3 rings (SSSR count). The summed E-state index contributed by atoms with van der Waals surface area (Å²) in [7, 11) is -3.74. The molecule has 0 spiro atoms. The van der Waals surface area contributed by atoms with Crippen LogP contribution in [0.25, 0.3) is 0 Å². The SMILES string of the molecule is O=C(NS(=O)(=O)Cc1ccc(Cl)nc1)[C@H]1C[C@H]2CC[C@H]1O2. The topological polar surface area (TPSA) is 85.4 Å². The van der Waals surface area contributed by atoms with Gasteiger partial charge in [-0.05, 0) is 30.9 Å². The largest absolute Gasteiger partial charge is 0.374 e. The van der Waals surface area contributed by atoms with E-state index in [9.17, 15) is 13.2 Å². The third-order valence-corrected chi connectivity index (χ3v) is 5.29. The standard InChI is InChI=1S/C13H15ClN2O4S/c14-12-4-1-8(6-15-12)7-21(18,19)16-13(17)10-5-9-2-3-11(10)20-9/h1,4,6,9-11H,2-3,5,7H2,(H,16,17)/t9-,10+,11-/m1/s1. The van der Waals surface area contributed by atoms with Crippen molar-refractivity contribution in [2.45, 2.75) is 37.2 Å². The number of aromatic nitrogens is 1. The van der Waals surface area contributed by atoms with Gasteiger partial charge in [0.05, 0.1) is 23.9 Å². The summed E-state index contributed by atoms with van der Waals surface area (Å²) in [6.45, 7) is 0. The average molecular weight is 331 g/mol. The lowest BCUT2D eigenvalue weighted by Gasteiger charge is -2.17. The van der Waals surface area contributed by atoms with Crippen LogP contribution in [-0.2, 0) is 25.3 Å². The Morgan fingerprint density at radius 2 is 2.24 bits per heavy atom. The van der Waals surface area contributed by atoms with Crippen molar-refractivity contribution in [2.75, 3.05) is 0 Å². The molecule has 0 saturated carbocycles. The summed E-state index contributed by atoms with van der Waals surface area (Å²) >= 11 is 5.65. The minimum atomic E-state index is -3.74. The molecule has 6 nitrogen and oxygen atoms in total. The normalized spacial score (nSPS) is 27.8. The zero-order chi connectivity index (χ0) is 15.0. The number of carbonyl (C=O) groups excluding carboxylic acids is 1. The van der Waals surface area contributed by atoms with E-state index in [2.05, 4.69) is 9.71 Å². The molecule has 3 heterocycles. The second-order valence-electron chi connectivity index (χ2n) is 5.43. The first kappa shape index (κ1) is 14.7. The lowest BCUT2D eigenvalue weighted by Crippen LogP contribution is -2.40. The predicted molar refractivity (Wildman–Crippen MR) is 76.0 cm³/mol. The van der Waals surface area contributed by atoms with Gasteiger partial charge in [-0.25, -0.2) is 13.4 Å². The molecule has 1 aromatic heterocycles. The van der Waals surface area contributed by atoms with Gasteiger partial charge in [0.1, 0.15) is 5.15 Å². The van der Waals surface area contributed by atoms with Gasteiger partial charge in [-0.1, -0.05) is 17.7 Å². The number of rotatable bonds is 4. The van der Waals surface area contributed by atoms with Gasteiger partial charge in [-0.3, -0.25) is 9.52 Å². The van der Waals surface area contributed by atoms with Crippen molar-refractivity contribution in [1.82, 2.24) is 9.71 Å². The van der Waals surface area contributed by atoms with Crippen molar-refractivity contribution in [3.63, 3.8) is 0 Å². The van der Waals surface area contributed by atoms with E-state index in [4.69, 9.17) is 16.3 Å². The van der Waals surface area contributed by atoms with Gasteiger partial charge in [0.25, 0.3) is 0 Å². The number of ether oxygens (including phenoxy) is 1. The van der Waals surface area contributed by atoms with Crippen molar-refractivity contribution >= 4 is 27.5 Å². The quantitative estimate of drug-likeness (QED) is 0.840. The van der Waals surface area contributed by atoms with E-state index in [0.717, 1.165) is 12.8 Å². The fourth-order valence-corrected chi connectivity index (χ4v) is 4.14. The van der Waals surface area contributed by atoms with Crippen molar-refractivity contribution < 1.29 is 17.9 Å². The summed E-state index contributed by atoms with van der Waals surface area (Å²) in [5.74, 6) is -1.13. The molecule has 0 aliphatic carbocycles. The molecule has 3 atom stereocenters. The maximum absolute atomic E-state index is 12.1.